The number of pyridine rings is 1. The number of ether oxygens (including phenoxy) is 1. The van der Waals surface area contributed by atoms with Gasteiger partial charge < -0.3 is 10.1 Å². The van der Waals surface area contributed by atoms with Gasteiger partial charge in [-0.2, -0.15) is 0 Å². The number of carbonyl (C=O) groups is 1. The number of nitrogens with one attached hydrogen (secondary N) is 3. The van der Waals surface area contributed by atoms with Crippen molar-refractivity contribution in [3.8, 4) is 0 Å². The Bertz CT molecular complexity index is 1140. The molecule has 0 aliphatic heterocycles. The maximum absolute atomic E-state index is 13.9. The molecule has 0 aliphatic rings. The minimum absolute atomic E-state index is 0.0145. The number of rotatable bonds is 5. The van der Waals surface area contributed by atoms with Gasteiger partial charge in [-0.15, -0.1) is 0 Å². The molecule has 0 radical (unpaired) electrons. The van der Waals surface area contributed by atoms with Gasteiger partial charge in [-0.1, -0.05) is 0 Å². The molecule has 3 rings (SSSR count). The Labute approximate surface area is 150 Å². The zero-order chi connectivity index (χ0) is 19.6. The average Bonchev–Trinajstić information content (AvgIpc) is 2.59. The molecular formula is C17H14F2N4O4. The van der Waals surface area contributed by atoms with Crippen LogP contribution in [0.4, 0.5) is 14.5 Å². The van der Waals surface area contributed by atoms with Crippen LogP contribution in [0.3, 0.4) is 0 Å². The Morgan fingerprint density at radius 2 is 2.04 bits per heavy atom. The number of nitrogens with zero attached hydrogens (tertiary/aromatic N) is 1. The number of H-pyrrole nitrogens is 2. The number of esters is 1. The second-order valence-electron chi connectivity index (χ2n) is 5.65. The SMILES string of the molecule is CC(=O)OCc1cnc2[nH]c(=O)[nH]c(=O)c2c1CNc1ccc(F)cc1F. The van der Waals surface area contributed by atoms with Crippen molar-refractivity contribution in [2.45, 2.75) is 20.1 Å². The molecule has 3 N–H and O–H groups in total. The molecule has 0 bridgehead atoms. The molecule has 2 aromatic heterocycles. The van der Waals surface area contributed by atoms with Crippen molar-refractivity contribution in [3.63, 3.8) is 0 Å². The highest BCUT2D eigenvalue weighted by atomic mass is 19.1. The lowest BCUT2D eigenvalue weighted by Gasteiger charge is -2.14. The number of hydrogen-bond donors (Lipinski definition) is 3. The fourth-order valence-electron chi connectivity index (χ4n) is 2.55. The first kappa shape index (κ1) is 18.2. The second-order valence-corrected chi connectivity index (χ2v) is 5.65. The van der Waals surface area contributed by atoms with Crippen LogP contribution in [0.25, 0.3) is 11.0 Å². The Kier molecular flexibility index (Phi) is 4.97. The first-order chi connectivity index (χ1) is 12.8. The molecule has 0 fully saturated rings. The van der Waals surface area contributed by atoms with Crippen molar-refractivity contribution in [3.05, 3.63) is 68.0 Å². The third kappa shape index (κ3) is 4.00. The van der Waals surface area contributed by atoms with Crippen LogP contribution in [-0.2, 0) is 22.7 Å². The third-order valence-corrected chi connectivity index (χ3v) is 3.78. The average molecular weight is 376 g/mol. The lowest BCUT2D eigenvalue weighted by Crippen LogP contribution is -2.24. The van der Waals surface area contributed by atoms with E-state index in [2.05, 4.69) is 20.3 Å². The zero-order valence-corrected chi connectivity index (χ0v) is 14.1. The van der Waals surface area contributed by atoms with Gasteiger partial charge in [0.25, 0.3) is 5.56 Å². The number of carbonyl (C=O) groups excluding carboxylic acids is 1. The van der Waals surface area contributed by atoms with Crippen LogP contribution in [0.1, 0.15) is 18.1 Å². The van der Waals surface area contributed by atoms with E-state index in [0.717, 1.165) is 12.1 Å². The van der Waals surface area contributed by atoms with Crippen molar-refractivity contribution >= 4 is 22.7 Å². The first-order valence-electron chi connectivity index (χ1n) is 7.80. The maximum atomic E-state index is 13.9. The van der Waals surface area contributed by atoms with E-state index in [-0.39, 0.29) is 29.9 Å². The molecule has 0 spiro atoms. The van der Waals surface area contributed by atoms with E-state index in [9.17, 15) is 23.2 Å². The Hall–Kier alpha value is -3.56. The molecule has 0 amide bonds. The van der Waals surface area contributed by atoms with E-state index in [4.69, 9.17) is 4.74 Å². The predicted octanol–water partition coefficient (Wildman–Crippen LogP) is 1.56. The molecule has 2 heterocycles. The van der Waals surface area contributed by atoms with Gasteiger partial charge in [-0.25, -0.2) is 18.6 Å². The summed E-state index contributed by atoms with van der Waals surface area (Å²) in [5.41, 5.74) is -0.626. The van der Waals surface area contributed by atoms with Gasteiger partial charge in [0.05, 0.1) is 11.1 Å². The topological polar surface area (TPSA) is 117 Å². The summed E-state index contributed by atoms with van der Waals surface area (Å²) in [6.45, 7) is 0.998. The van der Waals surface area contributed by atoms with E-state index in [0.29, 0.717) is 11.1 Å². The zero-order valence-electron chi connectivity index (χ0n) is 14.1. The minimum Gasteiger partial charge on any atom is -0.461 e. The van der Waals surface area contributed by atoms with Gasteiger partial charge in [0.2, 0.25) is 0 Å². The molecular weight excluding hydrogens is 362 g/mol. The Morgan fingerprint density at radius 3 is 2.74 bits per heavy atom. The number of aromatic nitrogens is 3. The smallest absolute Gasteiger partial charge is 0.327 e. The highest BCUT2D eigenvalue weighted by Crippen LogP contribution is 2.20. The fourth-order valence-corrected chi connectivity index (χ4v) is 2.55. The first-order valence-corrected chi connectivity index (χ1v) is 7.80. The summed E-state index contributed by atoms with van der Waals surface area (Å²) in [4.78, 5) is 43.3. The van der Waals surface area contributed by atoms with Gasteiger partial charge in [0, 0.05) is 31.3 Å². The molecule has 0 aliphatic carbocycles. The number of aromatic amines is 2. The molecule has 1 aromatic carbocycles. The van der Waals surface area contributed by atoms with Crippen LogP contribution < -0.4 is 16.6 Å². The number of fused-ring (bicyclic) bond motifs is 1. The number of benzene rings is 1. The predicted molar refractivity (Wildman–Crippen MR) is 92.1 cm³/mol. The molecule has 10 heteroatoms. The fraction of sp³-hybridized carbons (Fsp3) is 0.176. The molecule has 8 nitrogen and oxygen atoms in total. The van der Waals surface area contributed by atoms with Crippen molar-refractivity contribution < 1.29 is 18.3 Å². The summed E-state index contributed by atoms with van der Waals surface area (Å²) in [6, 6.07) is 3.02. The van der Waals surface area contributed by atoms with Gasteiger partial charge in [-0.05, 0) is 17.7 Å². The summed E-state index contributed by atoms with van der Waals surface area (Å²) in [5, 5.41) is 2.83. The van der Waals surface area contributed by atoms with E-state index in [1.165, 1.54) is 19.2 Å². The Morgan fingerprint density at radius 1 is 1.26 bits per heavy atom. The van der Waals surface area contributed by atoms with Crippen molar-refractivity contribution in [2.24, 2.45) is 0 Å². The van der Waals surface area contributed by atoms with Crippen LogP contribution in [0, 0.1) is 11.6 Å². The van der Waals surface area contributed by atoms with Gasteiger partial charge in [0.15, 0.2) is 0 Å². The van der Waals surface area contributed by atoms with E-state index in [1.807, 2.05) is 0 Å². The minimum atomic E-state index is -0.808. The summed E-state index contributed by atoms with van der Waals surface area (Å²) in [6.07, 6.45) is 1.35. The van der Waals surface area contributed by atoms with Crippen LogP contribution >= 0.6 is 0 Å². The molecule has 27 heavy (non-hydrogen) atoms. The lowest BCUT2D eigenvalue weighted by atomic mass is 10.1. The number of anilines is 1. The monoisotopic (exact) mass is 376 g/mol. The van der Waals surface area contributed by atoms with Crippen LogP contribution in [0.15, 0.2) is 34.0 Å². The molecule has 0 atom stereocenters. The van der Waals surface area contributed by atoms with Crippen LogP contribution in [0.2, 0.25) is 0 Å². The van der Waals surface area contributed by atoms with E-state index in [1.54, 1.807) is 0 Å². The molecule has 0 saturated heterocycles. The molecule has 0 saturated carbocycles. The summed E-state index contributed by atoms with van der Waals surface area (Å²) in [5.74, 6) is -2.07. The maximum Gasteiger partial charge on any atom is 0.327 e. The number of hydrogen-bond acceptors (Lipinski definition) is 6. The standard InChI is InChI=1S/C17H14F2N4O4/c1-8(24)27-7-9-5-21-15-14(16(25)23-17(26)22-15)11(9)6-20-13-3-2-10(18)4-12(13)19/h2-5,20H,6-7H2,1H3,(H2,21,22,23,25,26). The quantitative estimate of drug-likeness (QED) is 0.582. The van der Waals surface area contributed by atoms with Crippen LogP contribution in [-0.4, -0.2) is 20.9 Å². The highest BCUT2D eigenvalue weighted by molar-refractivity contribution is 5.79. The van der Waals surface area contributed by atoms with Gasteiger partial charge in [-0.3, -0.25) is 19.6 Å². The molecule has 0 unspecified atom stereocenters. The van der Waals surface area contributed by atoms with Crippen molar-refractivity contribution in [2.75, 3.05) is 5.32 Å². The normalized spacial score (nSPS) is 10.8. The second kappa shape index (κ2) is 7.36. The van der Waals surface area contributed by atoms with Gasteiger partial charge >= 0.3 is 11.7 Å². The summed E-state index contributed by atoms with van der Waals surface area (Å²) >= 11 is 0. The Balaban J connectivity index is 2.06. The summed E-state index contributed by atoms with van der Waals surface area (Å²) < 4.78 is 31.9. The van der Waals surface area contributed by atoms with Crippen molar-refractivity contribution in [1.82, 2.24) is 15.0 Å². The lowest BCUT2D eigenvalue weighted by molar-refractivity contribution is -0.142. The van der Waals surface area contributed by atoms with E-state index < -0.39 is 28.9 Å². The largest absolute Gasteiger partial charge is 0.461 e. The number of halogens is 2. The molecule has 3 aromatic rings. The van der Waals surface area contributed by atoms with Crippen LogP contribution in [0.5, 0.6) is 0 Å². The van der Waals surface area contributed by atoms with E-state index >= 15 is 0 Å². The molecule has 140 valence electrons. The summed E-state index contributed by atoms with van der Waals surface area (Å²) in [7, 11) is 0. The van der Waals surface area contributed by atoms with Crippen molar-refractivity contribution in [1.29, 1.82) is 0 Å². The highest BCUT2D eigenvalue weighted by Gasteiger charge is 2.15. The van der Waals surface area contributed by atoms with Gasteiger partial charge in [0.1, 0.15) is 23.9 Å². The third-order valence-electron chi connectivity index (χ3n) is 3.78.